The van der Waals surface area contributed by atoms with E-state index in [-0.39, 0.29) is 5.54 Å². The van der Waals surface area contributed by atoms with Crippen LogP contribution in [0.15, 0.2) is 30.3 Å². The van der Waals surface area contributed by atoms with E-state index < -0.39 is 0 Å². The molecule has 0 saturated carbocycles. The Bertz CT molecular complexity index is 443. The molecule has 102 valence electrons. The van der Waals surface area contributed by atoms with Gasteiger partial charge >= 0.3 is 0 Å². The van der Waals surface area contributed by atoms with E-state index in [1.165, 1.54) is 18.5 Å². The SMILES string of the molecule is CC#CCCN1CCCNC(C)(c2ccccc2)C1. The minimum Gasteiger partial charge on any atom is -0.307 e. The van der Waals surface area contributed by atoms with Crippen molar-refractivity contribution in [1.82, 2.24) is 10.2 Å². The Hall–Kier alpha value is -1.30. The normalized spacial score (nSPS) is 24.3. The first-order valence-electron chi connectivity index (χ1n) is 7.17. The third-order valence-electron chi connectivity index (χ3n) is 3.85. The van der Waals surface area contributed by atoms with E-state index in [1.54, 1.807) is 0 Å². The van der Waals surface area contributed by atoms with Crippen molar-refractivity contribution in [3.63, 3.8) is 0 Å². The molecule has 1 aliphatic rings. The second-order valence-corrected chi connectivity index (χ2v) is 5.43. The summed E-state index contributed by atoms with van der Waals surface area (Å²) in [6, 6.07) is 10.8. The van der Waals surface area contributed by atoms with Crippen LogP contribution < -0.4 is 5.32 Å². The molecule has 0 aromatic heterocycles. The van der Waals surface area contributed by atoms with Crippen molar-refractivity contribution in [2.24, 2.45) is 0 Å². The lowest BCUT2D eigenvalue weighted by atomic mass is 9.91. The van der Waals surface area contributed by atoms with Gasteiger partial charge in [0, 0.05) is 19.5 Å². The van der Waals surface area contributed by atoms with Crippen LogP contribution in [0.1, 0.15) is 32.3 Å². The van der Waals surface area contributed by atoms with Crippen molar-refractivity contribution in [2.75, 3.05) is 26.2 Å². The van der Waals surface area contributed by atoms with Crippen molar-refractivity contribution in [2.45, 2.75) is 32.2 Å². The van der Waals surface area contributed by atoms with Crippen LogP contribution in [0.2, 0.25) is 0 Å². The van der Waals surface area contributed by atoms with Crippen molar-refractivity contribution in [1.29, 1.82) is 0 Å². The predicted octanol–water partition coefficient (Wildman–Crippen LogP) is 2.61. The molecule has 1 N–H and O–H groups in total. The lowest BCUT2D eigenvalue weighted by Crippen LogP contribution is -2.46. The van der Waals surface area contributed by atoms with E-state index in [0.29, 0.717) is 0 Å². The minimum absolute atomic E-state index is 0.0530. The van der Waals surface area contributed by atoms with Gasteiger partial charge in [-0.3, -0.25) is 0 Å². The fourth-order valence-corrected chi connectivity index (χ4v) is 2.78. The molecule has 0 aliphatic carbocycles. The molecule has 0 spiro atoms. The Kier molecular flexibility index (Phi) is 5.01. The number of benzene rings is 1. The van der Waals surface area contributed by atoms with Crippen LogP contribution in [-0.4, -0.2) is 31.1 Å². The van der Waals surface area contributed by atoms with Gasteiger partial charge in [0.05, 0.1) is 5.54 Å². The van der Waals surface area contributed by atoms with E-state index in [1.807, 2.05) is 6.92 Å². The fraction of sp³-hybridized carbons (Fsp3) is 0.529. The predicted molar refractivity (Wildman–Crippen MR) is 80.9 cm³/mol. The van der Waals surface area contributed by atoms with E-state index in [9.17, 15) is 0 Å². The molecule has 0 bridgehead atoms. The summed E-state index contributed by atoms with van der Waals surface area (Å²) >= 11 is 0. The summed E-state index contributed by atoms with van der Waals surface area (Å²) in [5.74, 6) is 6.15. The van der Waals surface area contributed by atoms with E-state index in [4.69, 9.17) is 0 Å². The topological polar surface area (TPSA) is 15.3 Å². The molecule has 1 atom stereocenters. The van der Waals surface area contributed by atoms with Crippen LogP contribution in [0.25, 0.3) is 0 Å². The summed E-state index contributed by atoms with van der Waals surface area (Å²) in [4.78, 5) is 2.54. The molecule has 0 radical (unpaired) electrons. The highest BCUT2D eigenvalue weighted by Crippen LogP contribution is 2.23. The highest BCUT2D eigenvalue weighted by Gasteiger charge is 2.30. The average Bonchev–Trinajstić information content (AvgIpc) is 2.63. The van der Waals surface area contributed by atoms with Gasteiger partial charge in [-0.25, -0.2) is 0 Å². The Labute approximate surface area is 117 Å². The summed E-state index contributed by atoms with van der Waals surface area (Å²) in [6.45, 7) is 8.61. The number of hydrogen-bond donors (Lipinski definition) is 1. The van der Waals surface area contributed by atoms with E-state index in [0.717, 1.165) is 26.1 Å². The molecule has 1 aromatic rings. The van der Waals surface area contributed by atoms with E-state index >= 15 is 0 Å². The molecule has 2 nitrogen and oxygen atoms in total. The maximum Gasteiger partial charge on any atom is 0.0534 e. The number of nitrogens with one attached hydrogen (secondary N) is 1. The Morgan fingerprint density at radius 2 is 2.11 bits per heavy atom. The molecule has 1 fully saturated rings. The molecule has 1 saturated heterocycles. The van der Waals surface area contributed by atoms with Gasteiger partial charge in [0.2, 0.25) is 0 Å². The second-order valence-electron chi connectivity index (χ2n) is 5.43. The minimum atomic E-state index is 0.0530. The lowest BCUT2D eigenvalue weighted by molar-refractivity contribution is 0.225. The van der Waals surface area contributed by atoms with Crippen molar-refractivity contribution in [3.05, 3.63) is 35.9 Å². The molecule has 19 heavy (non-hydrogen) atoms. The third kappa shape index (κ3) is 3.83. The lowest BCUT2D eigenvalue weighted by Gasteiger charge is -2.34. The number of hydrogen-bond acceptors (Lipinski definition) is 2. The van der Waals surface area contributed by atoms with Crippen LogP contribution >= 0.6 is 0 Å². The third-order valence-corrected chi connectivity index (χ3v) is 3.85. The zero-order valence-corrected chi connectivity index (χ0v) is 12.1. The summed E-state index contributed by atoms with van der Waals surface area (Å²) in [5, 5.41) is 3.72. The number of nitrogens with zero attached hydrogens (tertiary/aromatic N) is 1. The highest BCUT2D eigenvalue weighted by molar-refractivity contribution is 5.24. The summed E-state index contributed by atoms with van der Waals surface area (Å²) in [7, 11) is 0. The Morgan fingerprint density at radius 1 is 1.32 bits per heavy atom. The molecule has 2 heteroatoms. The molecule has 1 aromatic carbocycles. The van der Waals surface area contributed by atoms with E-state index in [2.05, 4.69) is 59.3 Å². The molecule has 1 unspecified atom stereocenters. The largest absolute Gasteiger partial charge is 0.307 e. The highest BCUT2D eigenvalue weighted by atomic mass is 15.2. The zero-order chi connectivity index (χ0) is 13.6. The van der Waals surface area contributed by atoms with Crippen LogP contribution in [0.5, 0.6) is 0 Å². The zero-order valence-electron chi connectivity index (χ0n) is 12.1. The summed E-state index contributed by atoms with van der Waals surface area (Å²) in [5.41, 5.74) is 1.43. The number of rotatable bonds is 3. The van der Waals surface area contributed by atoms with Crippen molar-refractivity contribution >= 4 is 0 Å². The Morgan fingerprint density at radius 3 is 2.84 bits per heavy atom. The fourth-order valence-electron chi connectivity index (χ4n) is 2.78. The molecular formula is C17H24N2. The van der Waals surface area contributed by atoms with Gasteiger partial charge in [-0.05, 0) is 38.9 Å². The molecule has 2 rings (SSSR count). The van der Waals surface area contributed by atoms with Gasteiger partial charge in [-0.2, -0.15) is 0 Å². The summed E-state index contributed by atoms with van der Waals surface area (Å²) < 4.78 is 0. The maximum atomic E-state index is 3.72. The standard InChI is InChI=1S/C17H24N2/c1-3-4-8-13-19-14-9-12-18-17(2,15-19)16-10-6-5-7-11-16/h5-7,10-11,18H,8-9,12-15H2,1-2H3. The van der Waals surface area contributed by atoms with Crippen LogP contribution in [-0.2, 0) is 5.54 Å². The van der Waals surface area contributed by atoms with Gasteiger partial charge in [0.15, 0.2) is 0 Å². The molecular weight excluding hydrogens is 232 g/mol. The van der Waals surface area contributed by atoms with Crippen molar-refractivity contribution in [3.8, 4) is 11.8 Å². The Balaban J connectivity index is 2.08. The quantitative estimate of drug-likeness (QED) is 0.836. The average molecular weight is 256 g/mol. The van der Waals surface area contributed by atoms with Crippen molar-refractivity contribution < 1.29 is 0 Å². The van der Waals surface area contributed by atoms with Gasteiger partial charge in [-0.15, -0.1) is 11.8 Å². The molecule has 1 heterocycles. The maximum absolute atomic E-state index is 3.72. The van der Waals surface area contributed by atoms with Crippen LogP contribution in [0.3, 0.4) is 0 Å². The first-order chi connectivity index (χ1) is 9.24. The first kappa shape index (κ1) is 14.1. The first-order valence-corrected chi connectivity index (χ1v) is 7.17. The van der Waals surface area contributed by atoms with Gasteiger partial charge in [0.25, 0.3) is 0 Å². The van der Waals surface area contributed by atoms with Gasteiger partial charge in [0.1, 0.15) is 0 Å². The summed E-state index contributed by atoms with van der Waals surface area (Å²) in [6.07, 6.45) is 2.18. The van der Waals surface area contributed by atoms with Crippen LogP contribution in [0, 0.1) is 11.8 Å². The van der Waals surface area contributed by atoms with Crippen LogP contribution in [0.4, 0.5) is 0 Å². The second kappa shape index (κ2) is 6.75. The molecule has 0 amide bonds. The smallest absolute Gasteiger partial charge is 0.0534 e. The monoisotopic (exact) mass is 256 g/mol. The van der Waals surface area contributed by atoms with Gasteiger partial charge < -0.3 is 10.2 Å². The molecule has 1 aliphatic heterocycles. The van der Waals surface area contributed by atoms with Gasteiger partial charge in [-0.1, -0.05) is 30.3 Å².